The number of aromatic nitrogens is 2. The molecule has 0 saturated carbocycles. The van der Waals surface area contributed by atoms with Gasteiger partial charge in [0.25, 0.3) is 0 Å². The fourth-order valence-corrected chi connectivity index (χ4v) is 3.77. The number of ether oxygens (including phenoxy) is 2. The van der Waals surface area contributed by atoms with Crippen LogP contribution in [0.1, 0.15) is 44.1 Å². The maximum atomic E-state index is 12.3. The predicted molar refractivity (Wildman–Crippen MR) is 99.5 cm³/mol. The van der Waals surface area contributed by atoms with E-state index in [2.05, 4.69) is 28.7 Å². The number of hydrogen-bond donors (Lipinski definition) is 0. The van der Waals surface area contributed by atoms with Gasteiger partial charge in [-0.2, -0.15) is 0 Å². The summed E-state index contributed by atoms with van der Waals surface area (Å²) >= 11 is 0. The molecule has 1 aromatic rings. The first-order valence-corrected chi connectivity index (χ1v) is 9.52. The Labute approximate surface area is 155 Å². The zero-order valence-electron chi connectivity index (χ0n) is 16.3. The third-order valence-corrected chi connectivity index (χ3v) is 5.38. The molecule has 2 fully saturated rings. The van der Waals surface area contributed by atoms with E-state index in [1.54, 1.807) is 12.0 Å². The summed E-state index contributed by atoms with van der Waals surface area (Å²) in [7, 11) is 1.74. The van der Waals surface area contributed by atoms with E-state index in [0.29, 0.717) is 30.1 Å². The van der Waals surface area contributed by atoms with Crippen molar-refractivity contribution in [1.29, 1.82) is 0 Å². The third-order valence-electron chi connectivity index (χ3n) is 5.38. The molecule has 3 heterocycles. The fraction of sp³-hybridized carbons (Fsp3) is 0.737. The van der Waals surface area contributed by atoms with Crippen molar-refractivity contribution in [3.05, 3.63) is 17.6 Å². The van der Waals surface area contributed by atoms with E-state index < -0.39 is 0 Å². The van der Waals surface area contributed by atoms with Gasteiger partial charge in [0.05, 0.1) is 12.6 Å². The Balaban J connectivity index is 1.75. The second-order valence-electron chi connectivity index (χ2n) is 7.57. The maximum Gasteiger partial charge on any atom is 0.415 e. The number of amides is 1. The van der Waals surface area contributed by atoms with Crippen molar-refractivity contribution >= 4 is 11.9 Å². The summed E-state index contributed by atoms with van der Waals surface area (Å²) in [5, 5.41) is 0. The average Bonchev–Trinajstić information content (AvgIpc) is 3.02. The summed E-state index contributed by atoms with van der Waals surface area (Å²) in [5.41, 5.74) is 1.04. The second kappa shape index (κ2) is 8.31. The molecule has 7 nitrogen and oxygen atoms in total. The second-order valence-corrected chi connectivity index (χ2v) is 7.57. The van der Waals surface area contributed by atoms with Crippen LogP contribution in [0.4, 0.5) is 10.6 Å². The highest BCUT2D eigenvalue weighted by molar-refractivity contribution is 5.89. The molecule has 26 heavy (non-hydrogen) atoms. The number of carbonyl (C=O) groups excluding carboxylic acids is 1. The maximum absolute atomic E-state index is 12.3. The van der Waals surface area contributed by atoms with Crippen LogP contribution in [-0.4, -0.2) is 67.0 Å². The lowest BCUT2D eigenvalue weighted by Gasteiger charge is -2.32. The van der Waals surface area contributed by atoms with Gasteiger partial charge < -0.3 is 14.4 Å². The molecule has 1 amide bonds. The van der Waals surface area contributed by atoms with E-state index >= 15 is 0 Å². The lowest BCUT2D eigenvalue weighted by molar-refractivity contribution is 0.130. The van der Waals surface area contributed by atoms with Crippen LogP contribution < -0.4 is 4.90 Å². The molecular weight excluding hydrogens is 332 g/mol. The average molecular weight is 362 g/mol. The van der Waals surface area contributed by atoms with Crippen LogP contribution in [0.25, 0.3) is 0 Å². The van der Waals surface area contributed by atoms with Gasteiger partial charge in [-0.25, -0.2) is 14.8 Å². The Kier molecular flexibility index (Phi) is 6.09. The molecule has 2 saturated heterocycles. The van der Waals surface area contributed by atoms with Crippen LogP contribution in [-0.2, 0) is 9.47 Å². The summed E-state index contributed by atoms with van der Waals surface area (Å²) < 4.78 is 10.5. The number of aryl methyl sites for hydroxylation is 1. The predicted octanol–water partition coefficient (Wildman–Crippen LogP) is 2.59. The highest BCUT2D eigenvalue weighted by atomic mass is 16.6. The van der Waals surface area contributed by atoms with Crippen LogP contribution in [0.3, 0.4) is 0 Å². The minimum absolute atomic E-state index is 0.0283. The number of piperidine rings is 1. The fourth-order valence-electron chi connectivity index (χ4n) is 3.77. The molecule has 2 aliphatic rings. The van der Waals surface area contributed by atoms with E-state index in [4.69, 9.17) is 9.47 Å². The summed E-state index contributed by atoms with van der Waals surface area (Å²) in [6.45, 7) is 10.4. The molecule has 0 unspecified atom stereocenters. The van der Waals surface area contributed by atoms with Crippen molar-refractivity contribution in [3.8, 4) is 0 Å². The Morgan fingerprint density at radius 2 is 2.04 bits per heavy atom. The van der Waals surface area contributed by atoms with Gasteiger partial charge in [0.1, 0.15) is 18.2 Å². The third kappa shape index (κ3) is 4.15. The van der Waals surface area contributed by atoms with Crippen LogP contribution in [0.2, 0.25) is 0 Å². The van der Waals surface area contributed by atoms with E-state index in [1.165, 1.54) is 0 Å². The lowest BCUT2D eigenvalue weighted by atomic mass is 9.93. The van der Waals surface area contributed by atoms with Crippen LogP contribution >= 0.6 is 0 Å². The van der Waals surface area contributed by atoms with Crippen molar-refractivity contribution in [3.63, 3.8) is 0 Å². The van der Waals surface area contributed by atoms with Crippen molar-refractivity contribution in [2.75, 3.05) is 44.9 Å². The summed E-state index contributed by atoms with van der Waals surface area (Å²) in [5.74, 6) is 2.10. The monoisotopic (exact) mass is 362 g/mol. The molecule has 0 radical (unpaired) electrons. The first-order chi connectivity index (χ1) is 12.5. The SMILES string of the molecule is COCCN1CCC(c2cc(N3C(=O)OC[C@H]3C(C)C)nc(C)n2)CC1. The van der Waals surface area contributed by atoms with Crippen molar-refractivity contribution in [2.45, 2.75) is 45.6 Å². The molecule has 1 atom stereocenters. The first-order valence-electron chi connectivity index (χ1n) is 9.52. The Morgan fingerprint density at radius 3 is 2.69 bits per heavy atom. The number of rotatable bonds is 6. The minimum Gasteiger partial charge on any atom is -0.447 e. The molecular formula is C19H30N4O3. The van der Waals surface area contributed by atoms with E-state index in [0.717, 1.165) is 44.8 Å². The largest absolute Gasteiger partial charge is 0.447 e. The van der Waals surface area contributed by atoms with Gasteiger partial charge in [0.15, 0.2) is 0 Å². The Bertz CT molecular complexity index is 629. The van der Waals surface area contributed by atoms with Gasteiger partial charge in [0.2, 0.25) is 0 Å². The van der Waals surface area contributed by atoms with Crippen LogP contribution in [0.15, 0.2) is 6.07 Å². The highest BCUT2D eigenvalue weighted by Gasteiger charge is 2.37. The van der Waals surface area contributed by atoms with Crippen molar-refractivity contribution in [1.82, 2.24) is 14.9 Å². The standard InChI is InChI=1S/C19H30N4O3/c1-13(2)17-12-26-19(24)23(17)18-11-16(20-14(3)21-18)15-5-7-22(8-6-15)9-10-25-4/h11,13,15,17H,5-10,12H2,1-4H3/t17-/m0/s1. The highest BCUT2D eigenvalue weighted by Crippen LogP contribution is 2.31. The first kappa shape index (κ1) is 19.0. The number of carbonyl (C=O) groups is 1. The molecule has 7 heteroatoms. The quantitative estimate of drug-likeness (QED) is 0.775. The topological polar surface area (TPSA) is 67.8 Å². The van der Waals surface area contributed by atoms with E-state index in [-0.39, 0.29) is 12.1 Å². The molecule has 3 rings (SSSR count). The zero-order valence-corrected chi connectivity index (χ0v) is 16.3. The van der Waals surface area contributed by atoms with Crippen LogP contribution in [0, 0.1) is 12.8 Å². The van der Waals surface area contributed by atoms with Crippen molar-refractivity contribution < 1.29 is 14.3 Å². The van der Waals surface area contributed by atoms with Gasteiger partial charge in [-0.3, -0.25) is 4.90 Å². The number of hydrogen-bond acceptors (Lipinski definition) is 6. The smallest absolute Gasteiger partial charge is 0.415 e. The number of anilines is 1. The van der Waals surface area contributed by atoms with Gasteiger partial charge in [-0.15, -0.1) is 0 Å². The van der Waals surface area contributed by atoms with Gasteiger partial charge >= 0.3 is 6.09 Å². The molecule has 0 aromatic carbocycles. The van der Waals surface area contributed by atoms with Gasteiger partial charge in [-0.1, -0.05) is 13.8 Å². The number of likely N-dealkylation sites (tertiary alicyclic amines) is 1. The van der Waals surface area contributed by atoms with Crippen LogP contribution in [0.5, 0.6) is 0 Å². The van der Waals surface area contributed by atoms with E-state index in [1.807, 2.05) is 13.0 Å². The molecule has 0 N–H and O–H groups in total. The molecule has 144 valence electrons. The molecule has 1 aromatic heterocycles. The summed E-state index contributed by atoms with van der Waals surface area (Å²) in [6.07, 6.45) is 1.83. The summed E-state index contributed by atoms with van der Waals surface area (Å²) in [6, 6.07) is 2.02. The minimum atomic E-state index is -0.304. The van der Waals surface area contributed by atoms with Gasteiger partial charge in [-0.05, 0) is 38.8 Å². The normalized spacial score (nSPS) is 22.3. The number of cyclic esters (lactones) is 1. The number of nitrogens with zero attached hydrogens (tertiary/aromatic N) is 4. The molecule has 0 spiro atoms. The Morgan fingerprint density at radius 1 is 1.31 bits per heavy atom. The van der Waals surface area contributed by atoms with Crippen molar-refractivity contribution in [2.24, 2.45) is 5.92 Å². The summed E-state index contributed by atoms with van der Waals surface area (Å²) in [4.78, 5) is 25.6. The molecule has 0 aliphatic carbocycles. The lowest BCUT2D eigenvalue weighted by Crippen LogP contribution is -2.38. The van der Waals surface area contributed by atoms with E-state index in [9.17, 15) is 4.79 Å². The zero-order chi connectivity index (χ0) is 18.7. The molecule has 0 bridgehead atoms. The Hall–Kier alpha value is -1.73. The van der Waals surface area contributed by atoms with Gasteiger partial charge in [0, 0.05) is 31.3 Å². The number of methoxy groups -OCH3 is 1. The molecule has 2 aliphatic heterocycles.